The van der Waals surface area contributed by atoms with Crippen molar-refractivity contribution in [1.82, 2.24) is 4.31 Å². The number of halogens is 1. The van der Waals surface area contributed by atoms with Gasteiger partial charge in [0.25, 0.3) is 0 Å². The van der Waals surface area contributed by atoms with Crippen LogP contribution in [-0.2, 0) is 14.8 Å². The third kappa shape index (κ3) is 4.37. The van der Waals surface area contributed by atoms with Gasteiger partial charge in [0.1, 0.15) is 5.75 Å². The standard InChI is InChI=1S/C15H21ClN2O4S/c1-3-23(20,21)18-8-4-5-11(10-18)15(19)17-13-9-12(16)6-7-14(13)22-2/h6-7,9,11H,3-5,8,10H2,1-2H3,(H,17,19)/t11-/m1/s1. The lowest BCUT2D eigenvalue weighted by atomic mass is 9.98. The molecule has 0 aromatic heterocycles. The SMILES string of the molecule is CCS(=O)(=O)N1CCC[C@@H](C(=O)Nc2cc(Cl)ccc2OC)C1. The lowest BCUT2D eigenvalue weighted by Crippen LogP contribution is -2.44. The number of carbonyl (C=O) groups excluding carboxylic acids is 1. The summed E-state index contributed by atoms with van der Waals surface area (Å²) in [5.74, 6) is -0.0457. The topological polar surface area (TPSA) is 75.7 Å². The number of anilines is 1. The second kappa shape index (κ2) is 7.51. The first kappa shape index (κ1) is 18.0. The first-order valence-electron chi connectivity index (χ1n) is 7.49. The third-order valence-electron chi connectivity index (χ3n) is 3.93. The monoisotopic (exact) mass is 360 g/mol. The van der Waals surface area contributed by atoms with Crippen LogP contribution in [0.1, 0.15) is 19.8 Å². The number of carbonyl (C=O) groups is 1. The van der Waals surface area contributed by atoms with Gasteiger partial charge in [0.05, 0.1) is 24.5 Å². The summed E-state index contributed by atoms with van der Waals surface area (Å²) in [6.45, 7) is 2.29. The highest BCUT2D eigenvalue weighted by molar-refractivity contribution is 7.89. The van der Waals surface area contributed by atoms with E-state index >= 15 is 0 Å². The minimum absolute atomic E-state index is 0.0451. The average Bonchev–Trinajstić information content (AvgIpc) is 2.55. The molecule has 1 aromatic carbocycles. The van der Waals surface area contributed by atoms with Gasteiger partial charge in [0.15, 0.2) is 0 Å². The van der Waals surface area contributed by atoms with Gasteiger partial charge in [-0.15, -0.1) is 0 Å². The van der Waals surface area contributed by atoms with Gasteiger partial charge in [0, 0.05) is 18.1 Å². The smallest absolute Gasteiger partial charge is 0.228 e. The maximum atomic E-state index is 12.5. The Hall–Kier alpha value is -1.31. The zero-order valence-electron chi connectivity index (χ0n) is 13.2. The quantitative estimate of drug-likeness (QED) is 0.874. The molecule has 0 bridgehead atoms. The van der Waals surface area contributed by atoms with Gasteiger partial charge >= 0.3 is 0 Å². The maximum Gasteiger partial charge on any atom is 0.228 e. The molecule has 0 spiro atoms. The molecule has 6 nitrogen and oxygen atoms in total. The molecule has 1 fully saturated rings. The fourth-order valence-corrected chi connectivity index (χ4v) is 3.96. The van der Waals surface area contributed by atoms with E-state index in [1.165, 1.54) is 11.4 Å². The molecule has 0 radical (unpaired) electrons. The molecule has 1 saturated heterocycles. The molecule has 1 aliphatic heterocycles. The molecule has 1 atom stereocenters. The summed E-state index contributed by atoms with van der Waals surface area (Å²) in [4.78, 5) is 12.5. The van der Waals surface area contributed by atoms with Crippen LogP contribution in [0.5, 0.6) is 5.75 Å². The molecule has 1 heterocycles. The van der Waals surface area contributed by atoms with E-state index < -0.39 is 10.0 Å². The van der Waals surface area contributed by atoms with Crippen LogP contribution in [0.3, 0.4) is 0 Å². The second-order valence-electron chi connectivity index (χ2n) is 5.43. The van der Waals surface area contributed by atoms with Crippen molar-refractivity contribution in [1.29, 1.82) is 0 Å². The Balaban J connectivity index is 2.10. The predicted octanol–water partition coefficient (Wildman–Crippen LogP) is 2.35. The molecule has 1 aliphatic rings. The van der Waals surface area contributed by atoms with Crippen molar-refractivity contribution < 1.29 is 17.9 Å². The van der Waals surface area contributed by atoms with E-state index in [2.05, 4.69) is 5.32 Å². The summed E-state index contributed by atoms with van der Waals surface area (Å²) >= 11 is 5.95. The van der Waals surface area contributed by atoms with E-state index in [-0.39, 0.29) is 24.1 Å². The Morgan fingerprint density at radius 3 is 2.87 bits per heavy atom. The molecule has 23 heavy (non-hydrogen) atoms. The minimum Gasteiger partial charge on any atom is -0.495 e. The second-order valence-corrected chi connectivity index (χ2v) is 8.13. The van der Waals surface area contributed by atoms with Crippen LogP contribution >= 0.6 is 11.6 Å². The number of nitrogens with zero attached hydrogens (tertiary/aromatic N) is 1. The molecule has 0 unspecified atom stereocenters. The summed E-state index contributed by atoms with van der Waals surface area (Å²) in [5, 5.41) is 3.28. The van der Waals surface area contributed by atoms with Crippen LogP contribution in [0, 0.1) is 5.92 Å². The number of sulfonamides is 1. The summed E-state index contributed by atoms with van der Waals surface area (Å²) in [7, 11) is -1.76. The Kier molecular flexibility index (Phi) is 5.89. The number of ether oxygens (including phenoxy) is 1. The summed E-state index contributed by atoms with van der Waals surface area (Å²) in [6, 6.07) is 4.96. The number of rotatable bonds is 5. The van der Waals surface area contributed by atoms with E-state index in [4.69, 9.17) is 16.3 Å². The van der Waals surface area contributed by atoms with E-state index in [9.17, 15) is 13.2 Å². The largest absolute Gasteiger partial charge is 0.495 e. The van der Waals surface area contributed by atoms with Gasteiger partial charge in [-0.3, -0.25) is 4.79 Å². The van der Waals surface area contributed by atoms with Crippen molar-refractivity contribution in [2.24, 2.45) is 5.92 Å². The number of methoxy groups -OCH3 is 1. The fraction of sp³-hybridized carbons (Fsp3) is 0.533. The molecule has 1 amide bonds. The van der Waals surface area contributed by atoms with Gasteiger partial charge in [-0.05, 0) is 38.0 Å². The van der Waals surface area contributed by atoms with Crippen LogP contribution < -0.4 is 10.1 Å². The number of amides is 1. The Labute approximate surface area is 141 Å². The van der Waals surface area contributed by atoms with Crippen molar-refractivity contribution >= 4 is 33.2 Å². The number of hydrogen-bond acceptors (Lipinski definition) is 4. The van der Waals surface area contributed by atoms with Crippen molar-refractivity contribution in [2.75, 3.05) is 31.3 Å². The van der Waals surface area contributed by atoms with Crippen molar-refractivity contribution in [3.8, 4) is 5.75 Å². The van der Waals surface area contributed by atoms with Crippen molar-refractivity contribution in [3.05, 3.63) is 23.2 Å². The van der Waals surface area contributed by atoms with E-state index in [0.717, 1.165) is 0 Å². The zero-order chi connectivity index (χ0) is 17.0. The molecule has 1 N–H and O–H groups in total. The van der Waals surface area contributed by atoms with Crippen molar-refractivity contribution in [2.45, 2.75) is 19.8 Å². The normalized spacial score (nSPS) is 19.3. The highest BCUT2D eigenvalue weighted by Crippen LogP contribution is 2.29. The van der Waals surface area contributed by atoms with E-state index in [1.807, 2.05) is 0 Å². The van der Waals surface area contributed by atoms with Crippen LogP contribution in [0.2, 0.25) is 5.02 Å². The van der Waals surface area contributed by atoms with Gasteiger partial charge in [-0.25, -0.2) is 12.7 Å². The first-order chi connectivity index (χ1) is 10.9. The molecule has 1 aromatic rings. The van der Waals surface area contributed by atoms with Crippen LogP contribution in [-0.4, -0.2) is 44.6 Å². The summed E-state index contributed by atoms with van der Waals surface area (Å²) in [5.41, 5.74) is 0.487. The number of benzene rings is 1. The predicted molar refractivity (Wildman–Crippen MR) is 90.4 cm³/mol. The number of hydrogen-bond donors (Lipinski definition) is 1. The van der Waals surface area contributed by atoms with Crippen LogP contribution in [0.25, 0.3) is 0 Å². The number of piperidine rings is 1. The molecular formula is C15H21ClN2O4S. The van der Waals surface area contributed by atoms with Crippen LogP contribution in [0.4, 0.5) is 5.69 Å². The van der Waals surface area contributed by atoms with Gasteiger partial charge in [0.2, 0.25) is 15.9 Å². The molecule has 8 heteroatoms. The zero-order valence-corrected chi connectivity index (χ0v) is 14.8. The fourth-order valence-electron chi connectivity index (χ4n) is 2.60. The molecule has 0 saturated carbocycles. The molecule has 128 valence electrons. The highest BCUT2D eigenvalue weighted by Gasteiger charge is 2.31. The summed E-state index contributed by atoms with van der Waals surface area (Å²) < 4.78 is 30.6. The minimum atomic E-state index is -3.27. The van der Waals surface area contributed by atoms with E-state index in [0.29, 0.717) is 35.8 Å². The van der Waals surface area contributed by atoms with Gasteiger partial charge in [-0.1, -0.05) is 11.6 Å². The third-order valence-corrected chi connectivity index (χ3v) is 6.02. The first-order valence-corrected chi connectivity index (χ1v) is 9.48. The Morgan fingerprint density at radius 2 is 2.22 bits per heavy atom. The lowest BCUT2D eigenvalue weighted by molar-refractivity contribution is -0.120. The van der Waals surface area contributed by atoms with Crippen molar-refractivity contribution in [3.63, 3.8) is 0 Å². The highest BCUT2D eigenvalue weighted by atomic mass is 35.5. The number of nitrogens with one attached hydrogen (secondary N) is 1. The Morgan fingerprint density at radius 1 is 1.48 bits per heavy atom. The van der Waals surface area contributed by atoms with E-state index in [1.54, 1.807) is 25.1 Å². The average molecular weight is 361 g/mol. The Bertz CT molecular complexity index is 678. The van der Waals surface area contributed by atoms with Gasteiger partial charge in [-0.2, -0.15) is 0 Å². The maximum absolute atomic E-state index is 12.5. The molecule has 0 aliphatic carbocycles. The molecule has 2 rings (SSSR count). The lowest BCUT2D eigenvalue weighted by Gasteiger charge is -2.31. The summed E-state index contributed by atoms with van der Waals surface area (Å²) in [6.07, 6.45) is 1.33. The van der Waals surface area contributed by atoms with Gasteiger partial charge < -0.3 is 10.1 Å². The van der Waals surface area contributed by atoms with Crippen LogP contribution in [0.15, 0.2) is 18.2 Å². The molecular weight excluding hydrogens is 340 g/mol.